The number of nitrogens with zero attached hydrogens (tertiary/aromatic N) is 1. The number of amides is 1. The van der Waals surface area contributed by atoms with Crippen LogP contribution in [0.3, 0.4) is 0 Å². The third kappa shape index (κ3) is 5.41. The summed E-state index contributed by atoms with van der Waals surface area (Å²) in [6.45, 7) is -0.0793. The summed E-state index contributed by atoms with van der Waals surface area (Å²) in [6.07, 6.45) is 1.35. The average Bonchev–Trinajstić information content (AvgIpc) is 2.57. The van der Waals surface area contributed by atoms with Crippen LogP contribution in [0.2, 0.25) is 0 Å². The van der Waals surface area contributed by atoms with Crippen LogP contribution in [0.1, 0.15) is 6.42 Å². The predicted octanol–water partition coefficient (Wildman–Crippen LogP) is 1.74. The van der Waals surface area contributed by atoms with Crippen molar-refractivity contribution in [1.82, 2.24) is 9.71 Å². The van der Waals surface area contributed by atoms with Gasteiger partial charge in [0.25, 0.3) is 0 Å². The van der Waals surface area contributed by atoms with Crippen molar-refractivity contribution in [3.63, 3.8) is 0 Å². The Labute approximate surface area is 154 Å². The molecule has 2 rings (SSSR count). The van der Waals surface area contributed by atoms with Gasteiger partial charge in [0.05, 0.1) is 7.11 Å². The van der Waals surface area contributed by atoms with E-state index in [2.05, 4.69) is 31.0 Å². The number of methoxy groups -OCH3 is 1. The Hall–Kier alpha value is -2.17. The maximum Gasteiger partial charge on any atom is 0.244 e. The third-order valence-corrected chi connectivity index (χ3v) is 5.06. The summed E-state index contributed by atoms with van der Waals surface area (Å²) in [7, 11) is -2.33. The molecule has 0 aliphatic rings. The Bertz CT molecular complexity index is 874. The molecule has 134 valence electrons. The number of anilines is 2. The molecule has 25 heavy (non-hydrogen) atoms. The Balaban J connectivity index is 1.92. The lowest BCUT2D eigenvalue weighted by atomic mass is 10.3. The number of nitrogens with one attached hydrogen (secondary N) is 2. The van der Waals surface area contributed by atoms with E-state index in [0.717, 1.165) is 0 Å². The maximum atomic E-state index is 12.2. The minimum Gasteiger partial charge on any atom is -0.497 e. The smallest absolute Gasteiger partial charge is 0.244 e. The van der Waals surface area contributed by atoms with E-state index in [9.17, 15) is 13.2 Å². The first-order valence-electron chi connectivity index (χ1n) is 7.16. The van der Waals surface area contributed by atoms with Gasteiger partial charge < -0.3 is 15.8 Å². The minimum absolute atomic E-state index is 0.0439. The normalized spacial score (nSPS) is 11.1. The topological polar surface area (TPSA) is 123 Å². The zero-order chi connectivity index (χ0) is 18.4. The second-order valence-electron chi connectivity index (χ2n) is 4.96. The molecule has 10 heteroatoms. The number of carbonyl (C=O) groups excluding carboxylic acids is 1. The SMILES string of the molecule is COc1cccc(NC(=O)CCNS(=O)(=O)c2cc(Br)cnc2N)c1. The van der Waals surface area contributed by atoms with Gasteiger partial charge in [0.15, 0.2) is 0 Å². The summed E-state index contributed by atoms with van der Waals surface area (Å²) < 4.78 is 32.3. The third-order valence-electron chi connectivity index (χ3n) is 3.14. The van der Waals surface area contributed by atoms with E-state index < -0.39 is 10.0 Å². The van der Waals surface area contributed by atoms with Crippen molar-refractivity contribution in [3.8, 4) is 5.75 Å². The first-order valence-corrected chi connectivity index (χ1v) is 9.44. The molecule has 0 aliphatic heterocycles. The quantitative estimate of drug-likeness (QED) is 0.616. The molecule has 0 saturated carbocycles. The second-order valence-corrected chi connectivity index (χ2v) is 7.62. The number of hydrogen-bond acceptors (Lipinski definition) is 6. The van der Waals surface area contributed by atoms with E-state index in [1.807, 2.05) is 0 Å². The highest BCUT2D eigenvalue weighted by Crippen LogP contribution is 2.20. The summed E-state index contributed by atoms with van der Waals surface area (Å²) in [5, 5.41) is 2.66. The molecule has 2 aromatic rings. The monoisotopic (exact) mass is 428 g/mol. The number of nitrogens with two attached hydrogens (primary N) is 1. The van der Waals surface area contributed by atoms with Crippen molar-refractivity contribution in [1.29, 1.82) is 0 Å². The van der Waals surface area contributed by atoms with Crippen molar-refractivity contribution >= 4 is 43.4 Å². The number of carbonyl (C=O) groups is 1. The van der Waals surface area contributed by atoms with Gasteiger partial charge >= 0.3 is 0 Å². The number of halogens is 1. The van der Waals surface area contributed by atoms with Gasteiger partial charge in [0.1, 0.15) is 16.5 Å². The Morgan fingerprint density at radius 1 is 1.36 bits per heavy atom. The van der Waals surface area contributed by atoms with E-state index in [4.69, 9.17) is 10.5 Å². The van der Waals surface area contributed by atoms with E-state index >= 15 is 0 Å². The highest BCUT2D eigenvalue weighted by Gasteiger charge is 2.19. The average molecular weight is 429 g/mol. The standard InChI is InChI=1S/C15H17BrN4O4S/c1-24-12-4-2-3-11(8-12)20-14(21)5-6-19-25(22,23)13-7-10(16)9-18-15(13)17/h2-4,7-9,19H,5-6H2,1H3,(H2,17,18)(H,20,21). The van der Waals surface area contributed by atoms with Gasteiger partial charge in [-0.25, -0.2) is 18.1 Å². The number of aromatic nitrogens is 1. The second kappa shape index (κ2) is 8.28. The predicted molar refractivity (Wildman–Crippen MR) is 97.8 cm³/mol. The fourth-order valence-electron chi connectivity index (χ4n) is 1.95. The van der Waals surface area contributed by atoms with Crippen LogP contribution in [0.25, 0.3) is 0 Å². The van der Waals surface area contributed by atoms with E-state index in [1.54, 1.807) is 24.3 Å². The number of benzene rings is 1. The van der Waals surface area contributed by atoms with Crippen LogP contribution in [0.15, 0.2) is 45.9 Å². The molecule has 8 nitrogen and oxygen atoms in total. The molecular formula is C15H17BrN4O4S. The number of nitrogen functional groups attached to an aromatic ring is 1. The fourth-order valence-corrected chi connectivity index (χ4v) is 3.57. The van der Waals surface area contributed by atoms with Crippen molar-refractivity contribution in [2.24, 2.45) is 0 Å². The first kappa shape index (κ1) is 19.2. The van der Waals surface area contributed by atoms with E-state index in [1.165, 1.54) is 19.4 Å². The van der Waals surface area contributed by atoms with Gasteiger partial charge in [0.2, 0.25) is 15.9 Å². The zero-order valence-electron chi connectivity index (χ0n) is 13.3. The molecule has 0 spiro atoms. The Morgan fingerprint density at radius 2 is 2.12 bits per heavy atom. The van der Waals surface area contributed by atoms with Gasteiger partial charge in [-0.05, 0) is 34.1 Å². The lowest BCUT2D eigenvalue weighted by Crippen LogP contribution is -2.28. The number of sulfonamides is 1. The van der Waals surface area contributed by atoms with Crippen LogP contribution in [0.5, 0.6) is 5.75 Å². The molecule has 4 N–H and O–H groups in total. The maximum absolute atomic E-state index is 12.2. The molecule has 0 saturated heterocycles. The number of rotatable bonds is 7. The summed E-state index contributed by atoms with van der Waals surface area (Å²) >= 11 is 3.14. The Kier molecular flexibility index (Phi) is 6.34. The van der Waals surface area contributed by atoms with Crippen LogP contribution in [0.4, 0.5) is 11.5 Å². The number of hydrogen-bond donors (Lipinski definition) is 3. The molecule has 0 atom stereocenters. The van der Waals surface area contributed by atoms with Gasteiger partial charge in [-0.15, -0.1) is 0 Å². The van der Waals surface area contributed by atoms with Crippen LogP contribution >= 0.6 is 15.9 Å². The molecule has 1 aromatic carbocycles. The fraction of sp³-hybridized carbons (Fsp3) is 0.200. The Morgan fingerprint density at radius 3 is 2.84 bits per heavy atom. The number of pyridine rings is 1. The molecule has 0 bridgehead atoms. The highest BCUT2D eigenvalue weighted by molar-refractivity contribution is 9.10. The van der Waals surface area contributed by atoms with Gasteiger partial charge in [0, 0.05) is 35.4 Å². The van der Waals surface area contributed by atoms with Crippen LogP contribution < -0.4 is 20.5 Å². The zero-order valence-corrected chi connectivity index (χ0v) is 15.7. The van der Waals surface area contributed by atoms with Crippen LogP contribution in [0, 0.1) is 0 Å². The number of ether oxygens (including phenoxy) is 1. The molecule has 0 fully saturated rings. The molecule has 1 aromatic heterocycles. The molecule has 0 radical (unpaired) electrons. The lowest BCUT2D eigenvalue weighted by Gasteiger charge is -2.10. The summed E-state index contributed by atoms with van der Waals surface area (Å²) in [4.78, 5) is 15.6. The van der Waals surface area contributed by atoms with Crippen molar-refractivity contribution in [2.75, 3.05) is 24.7 Å². The van der Waals surface area contributed by atoms with Gasteiger partial charge in [-0.2, -0.15) is 0 Å². The molecule has 1 amide bonds. The largest absolute Gasteiger partial charge is 0.497 e. The minimum atomic E-state index is -3.86. The molecule has 1 heterocycles. The van der Waals surface area contributed by atoms with Crippen LogP contribution in [-0.4, -0.2) is 33.0 Å². The van der Waals surface area contributed by atoms with E-state index in [-0.39, 0.29) is 29.6 Å². The lowest BCUT2D eigenvalue weighted by molar-refractivity contribution is -0.116. The summed E-state index contributed by atoms with van der Waals surface area (Å²) in [6, 6.07) is 8.20. The van der Waals surface area contributed by atoms with Crippen LogP contribution in [-0.2, 0) is 14.8 Å². The summed E-state index contributed by atoms with van der Waals surface area (Å²) in [5.41, 5.74) is 6.16. The van der Waals surface area contributed by atoms with Crippen molar-refractivity contribution < 1.29 is 17.9 Å². The first-order chi connectivity index (χ1) is 11.8. The van der Waals surface area contributed by atoms with Crippen molar-refractivity contribution in [2.45, 2.75) is 11.3 Å². The molecular weight excluding hydrogens is 412 g/mol. The van der Waals surface area contributed by atoms with Crippen molar-refractivity contribution in [3.05, 3.63) is 41.0 Å². The highest BCUT2D eigenvalue weighted by atomic mass is 79.9. The molecule has 0 unspecified atom stereocenters. The van der Waals surface area contributed by atoms with Gasteiger partial charge in [-0.1, -0.05) is 6.07 Å². The molecule has 0 aliphatic carbocycles. The van der Waals surface area contributed by atoms with E-state index in [0.29, 0.717) is 15.9 Å². The van der Waals surface area contributed by atoms with Gasteiger partial charge in [-0.3, -0.25) is 4.79 Å². The summed E-state index contributed by atoms with van der Waals surface area (Å²) in [5.74, 6) is 0.156.